The van der Waals surface area contributed by atoms with Crippen LogP contribution in [-0.2, 0) is 0 Å². The maximum atomic E-state index is 12.8. The highest BCUT2D eigenvalue weighted by Gasteiger charge is 2.45. The minimum Gasteiger partial charge on any atom is -0.396 e. The number of hydrogen-bond donors (Lipinski definition) is 3. The van der Waals surface area contributed by atoms with Gasteiger partial charge in [0.1, 0.15) is 0 Å². The third kappa shape index (κ3) is 4.62. The quantitative estimate of drug-likeness (QED) is 0.670. The van der Waals surface area contributed by atoms with Gasteiger partial charge in [-0.1, -0.05) is 44.2 Å². The number of rotatable bonds is 5. The summed E-state index contributed by atoms with van der Waals surface area (Å²) in [6.07, 6.45) is 10.0. The van der Waals surface area contributed by atoms with Gasteiger partial charge in [0.25, 0.3) is 0 Å². The molecule has 1 atom stereocenters. The van der Waals surface area contributed by atoms with Gasteiger partial charge < -0.3 is 20.1 Å². The molecule has 3 N–H and O–H groups in total. The van der Waals surface area contributed by atoms with Crippen molar-refractivity contribution >= 4 is 23.4 Å². The van der Waals surface area contributed by atoms with Crippen LogP contribution in [-0.4, -0.2) is 57.5 Å². The second-order valence-electron chi connectivity index (χ2n) is 9.25. The second kappa shape index (κ2) is 10.3. The Morgan fingerprint density at radius 2 is 1.67 bits per heavy atom. The van der Waals surface area contributed by atoms with Crippen LogP contribution in [0.3, 0.4) is 0 Å². The molecule has 4 rings (SSSR count). The molecule has 1 aliphatic heterocycles. The van der Waals surface area contributed by atoms with Gasteiger partial charge in [0, 0.05) is 19.6 Å². The Morgan fingerprint density at radius 1 is 1.00 bits per heavy atom. The first kappa shape index (κ1) is 23.3. The smallest absolute Gasteiger partial charge is 0.326 e. The summed E-state index contributed by atoms with van der Waals surface area (Å²) in [5, 5.41) is 20.7. The Hall–Kier alpha value is -1.34. The molecular weight excluding hydrogens is 402 g/mol. The fraction of sp³-hybridized carbons (Fsp3) is 0.696. The Morgan fingerprint density at radius 3 is 2.37 bits per heavy atom. The van der Waals surface area contributed by atoms with E-state index in [1.165, 1.54) is 44.9 Å². The number of para-hydroxylation sites is 2. The van der Waals surface area contributed by atoms with Crippen LogP contribution in [0, 0.1) is 11.3 Å². The fourth-order valence-electron chi connectivity index (χ4n) is 5.63. The molecular formula is C23H36ClN3O3. The van der Waals surface area contributed by atoms with Gasteiger partial charge in [0.05, 0.1) is 35.7 Å². The lowest BCUT2D eigenvalue weighted by molar-refractivity contribution is -0.0528. The van der Waals surface area contributed by atoms with Gasteiger partial charge >= 0.3 is 5.69 Å². The predicted octanol–water partition coefficient (Wildman–Crippen LogP) is 3.33. The Bertz CT molecular complexity index is 853. The number of aromatic nitrogens is 2. The van der Waals surface area contributed by atoms with Crippen LogP contribution in [0.2, 0.25) is 0 Å². The van der Waals surface area contributed by atoms with E-state index in [9.17, 15) is 15.0 Å². The number of hydrogen-bond acceptors (Lipinski definition) is 4. The molecule has 7 heteroatoms. The molecule has 168 valence electrons. The standard InChI is InChI=1S/C23H35N3O3.ClH/c27-16-23(17-28)15-25(14-18-8-4-2-1-3-5-9-18)13-12-21(23)26-20-11-7-6-10-19(20)24-22(26)29;/h6-7,10-11,18,21,27-28H,1-5,8-9,12-17H2,(H,24,29);1H. The van der Waals surface area contributed by atoms with Crippen molar-refractivity contribution in [1.82, 2.24) is 14.5 Å². The highest BCUT2D eigenvalue weighted by Crippen LogP contribution is 2.40. The van der Waals surface area contributed by atoms with Crippen molar-refractivity contribution in [2.24, 2.45) is 11.3 Å². The lowest BCUT2D eigenvalue weighted by atomic mass is 9.76. The molecule has 0 spiro atoms. The number of aromatic amines is 1. The zero-order chi connectivity index (χ0) is 20.3. The van der Waals surface area contributed by atoms with E-state index < -0.39 is 5.41 Å². The van der Waals surface area contributed by atoms with Crippen molar-refractivity contribution in [3.63, 3.8) is 0 Å². The van der Waals surface area contributed by atoms with Gasteiger partial charge in [-0.3, -0.25) is 4.57 Å². The number of nitrogens with one attached hydrogen (secondary N) is 1. The molecule has 2 aromatic rings. The second-order valence-corrected chi connectivity index (χ2v) is 9.25. The number of nitrogens with zero attached hydrogens (tertiary/aromatic N) is 2. The van der Waals surface area contributed by atoms with Gasteiger partial charge in [-0.05, 0) is 37.3 Å². The molecule has 2 heterocycles. The fourth-order valence-corrected chi connectivity index (χ4v) is 5.63. The summed E-state index contributed by atoms with van der Waals surface area (Å²) in [6.45, 7) is 2.32. The zero-order valence-corrected chi connectivity index (χ0v) is 18.6. The van der Waals surface area contributed by atoms with E-state index in [1.807, 2.05) is 24.3 Å². The third-order valence-corrected chi connectivity index (χ3v) is 7.27. The van der Waals surface area contributed by atoms with Crippen LogP contribution in [0.25, 0.3) is 11.0 Å². The van der Waals surface area contributed by atoms with Gasteiger partial charge in [-0.2, -0.15) is 0 Å². The lowest BCUT2D eigenvalue weighted by Gasteiger charge is -2.47. The molecule has 1 unspecified atom stereocenters. The molecule has 6 nitrogen and oxygen atoms in total. The summed E-state index contributed by atoms with van der Waals surface area (Å²) >= 11 is 0. The maximum absolute atomic E-state index is 12.8. The number of H-pyrrole nitrogens is 1. The number of piperidine rings is 1. The molecule has 1 saturated carbocycles. The predicted molar refractivity (Wildman–Crippen MR) is 122 cm³/mol. The van der Waals surface area contributed by atoms with Gasteiger partial charge in [0.15, 0.2) is 0 Å². The van der Waals surface area contributed by atoms with Crippen molar-refractivity contribution in [3.8, 4) is 0 Å². The van der Waals surface area contributed by atoms with E-state index >= 15 is 0 Å². The van der Waals surface area contributed by atoms with Crippen LogP contribution in [0.4, 0.5) is 0 Å². The largest absolute Gasteiger partial charge is 0.396 e. The van der Waals surface area contributed by atoms with Crippen LogP contribution < -0.4 is 5.69 Å². The van der Waals surface area contributed by atoms with E-state index in [4.69, 9.17) is 0 Å². The number of likely N-dealkylation sites (tertiary alicyclic amines) is 1. The van der Waals surface area contributed by atoms with Crippen molar-refractivity contribution in [2.45, 2.75) is 57.4 Å². The maximum Gasteiger partial charge on any atom is 0.326 e. The normalized spacial score (nSPS) is 23.6. The number of halogens is 1. The Balaban J connectivity index is 0.00000256. The molecule has 1 saturated heterocycles. The number of benzene rings is 1. The summed E-state index contributed by atoms with van der Waals surface area (Å²) in [6, 6.07) is 7.46. The number of aliphatic hydroxyl groups is 2. The van der Waals surface area contributed by atoms with E-state index in [0.29, 0.717) is 12.5 Å². The Kier molecular flexibility index (Phi) is 8.02. The van der Waals surface area contributed by atoms with Gasteiger partial charge in [-0.25, -0.2) is 4.79 Å². The average molecular weight is 438 g/mol. The van der Waals surface area contributed by atoms with Crippen LogP contribution >= 0.6 is 12.4 Å². The molecule has 0 bridgehead atoms. The molecule has 0 amide bonds. The number of fused-ring (bicyclic) bond motifs is 1. The molecule has 1 aromatic carbocycles. The highest BCUT2D eigenvalue weighted by molar-refractivity contribution is 5.85. The van der Waals surface area contributed by atoms with E-state index in [2.05, 4.69) is 9.88 Å². The zero-order valence-electron chi connectivity index (χ0n) is 17.8. The van der Waals surface area contributed by atoms with Gasteiger partial charge in [0.2, 0.25) is 0 Å². The van der Waals surface area contributed by atoms with Gasteiger partial charge in [-0.15, -0.1) is 12.4 Å². The molecule has 1 aromatic heterocycles. The minimum absolute atomic E-state index is 0. The molecule has 0 radical (unpaired) electrons. The van der Waals surface area contributed by atoms with Crippen LogP contribution in [0.1, 0.15) is 57.4 Å². The van der Waals surface area contributed by atoms with Crippen molar-refractivity contribution in [2.75, 3.05) is 32.8 Å². The first-order valence-corrected chi connectivity index (χ1v) is 11.3. The average Bonchev–Trinajstić information content (AvgIpc) is 3.05. The molecule has 1 aliphatic carbocycles. The Labute approximate surface area is 184 Å². The topological polar surface area (TPSA) is 81.5 Å². The monoisotopic (exact) mass is 437 g/mol. The SMILES string of the molecule is Cl.O=c1[nH]c2ccccc2n1C1CCN(CC2CCCCCCC2)CC1(CO)CO. The van der Waals surface area contributed by atoms with Crippen LogP contribution in [0.5, 0.6) is 0 Å². The minimum atomic E-state index is -0.714. The highest BCUT2D eigenvalue weighted by atomic mass is 35.5. The van der Waals surface area contributed by atoms with Crippen molar-refractivity contribution in [3.05, 3.63) is 34.7 Å². The van der Waals surface area contributed by atoms with Crippen molar-refractivity contribution < 1.29 is 10.2 Å². The number of aliphatic hydroxyl groups excluding tert-OH is 2. The van der Waals surface area contributed by atoms with Crippen molar-refractivity contribution in [1.29, 1.82) is 0 Å². The molecule has 2 fully saturated rings. The van der Waals surface area contributed by atoms with E-state index in [-0.39, 0.29) is 37.4 Å². The summed E-state index contributed by atoms with van der Waals surface area (Å²) < 4.78 is 1.77. The number of imidazole rings is 1. The molecule has 2 aliphatic rings. The molecule has 30 heavy (non-hydrogen) atoms. The lowest BCUT2D eigenvalue weighted by Crippen LogP contribution is -2.55. The van der Waals surface area contributed by atoms with E-state index in [1.54, 1.807) is 4.57 Å². The summed E-state index contributed by atoms with van der Waals surface area (Å²) in [5.74, 6) is 0.706. The summed E-state index contributed by atoms with van der Waals surface area (Å²) in [5.41, 5.74) is 0.784. The summed E-state index contributed by atoms with van der Waals surface area (Å²) in [4.78, 5) is 18.1. The van der Waals surface area contributed by atoms with E-state index in [0.717, 1.165) is 30.5 Å². The first-order valence-electron chi connectivity index (χ1n) is 11.3. The van der Waals surface area contributed by atoms with Crippen LogP contribution in [0.15, 0.2) is 29.1 Å². The summed E-state index contributed by atoms with van der Waals surface area (Å²) in [7, 11) is 0. The third-order valence-electron chi connectivity index (χ3n) is 7.27. The first-order chi connectivity index (χ1) is 14.2.